The molecule has 1 fully saturated rings. The zero-order valence-corrected chi connectivity index (χ0v) is 24.5. The summed E-state index contributed by atoms with van der Waals surface area (Å²) < 4.78 is 34.3. The molecule has 1 atom stereocenters. The molecule has 0 spiro atoms. The highest BCUT2D eigenvalue weighted by molar-refractivity contribution is 7.89. The van der Waals surface area contributed by atoms with Gasteiger partial charge in [0.25, 0.3) is 0 Å². The third-order valence-electron chi connectivity index (χ3n) is 6.36. The van der Waals surface area contributed by atoms with Crippen molar-refractivity contribution in [1.29, 1.82) is 0 Å². The Hall–Kier alpha value is -2.37. The SMILES string of the molecule is CC(C)c1cc(C(C)(O)NCc2ccc(S(=O)(=O)N3CCOCC3)cc2)c2cnn(C(C)C)c2n1.CCC.[HH]. The molecule has 2 N–H and O–H groups in total. The zero-order valence-electron chi connectivity index (χ0n) is 23.7. The van der Waals surface area contributed by atoms with E-state index in [9.17, 15) is 13.5 Å². The number of nitrogens with one attached hydrogen (secondary N) is 1. The van der Waals surface area contributed by atoms with E-state index >= 15 is 0 Å². The van der Waals surface area contributed by atoms with Crippen LogP contribution in [0.4, 0.5) is 0 Å². The van der Waals surface area contributed by atoms with Crippen LogP contribution in [0.25, 0.3) is 11.0 Å². The first kappa shape index (κ1) is 30.2. The third kappa shape index (κ3) is 6.79. The average molecular weight is 548 g/mol. The van der Waals surface area contributed by atoms with Gasteiger partial charge in [-0.25, -0.2) is 18.1 Å². The second-order valence-corrected chi connectivity index (χ2v) is 12.4. The number of benzene rings is 1. The molecule has 1 aliphatic heterocycles. The molecule has 0 aliphatic carbocycles. The molecule has 9 nitrogen and oxygen atoms in total. The molecule has 1 aromatic carbocycles. The number of sulfonamides is 1. The van der Waals surface area contributed by atoms with E-state index in [1.165, 1.54) is 10.7 Å². The van der Waals surface area contributed by atoms with Crippen LogP contribution < -0.4 is 5.32 Å². The van der Waals surface area contributed by atoms with E-state index in [0.717, 1.165) is 22.3 Å². The summed E-state index contributed by atoms with van der Waals surface area (Å²) in [6, 6.07) is 8.85. The van der Waals surface area contributed by atoms with E-state index < -0.39 is 15.7 Å². The van der Waals surface area contributed by atoms with Crippen LogP contribution in [0.2, 0.25) is 0 Å². The van der Waals surface area contributed by atoms with Crippen LogP contribution in [0.1, 0.15) is 85.1 Å². The molecule has 1 saturated heterocycles. The van der Waals surface area contributed by atoms with Gasteiger partial charge < -0.3 is 9.84 Å². The largest absolute Gasteiger partial charge is 0.379 e. The summed E-state index contributed by atoms with van der Waals surface area (Å²) >= 11 is 0. The maximum absolute atomic E-state index is 12.9. The molecule has 4 rings (SSSR count). The van der Waals surface area contributed by atoms with Crippen LogP contribution in [0.3, 0.4) is 0 Å². The van der Waals surface area contributed by atoms with Gasteiger partial charge in [-0.05, 0) is 50.5 Å². The summed E-state index contributed by atoms with van der Waals surface area (Å²) in [5, 5.41) is 20.0. The molecule has 212 valence electrons. The van der Waals surface area contributed by atoms with Crippen LogP contribution in [0, 0.1) is 0 Å². The van der Waals surface area contributed by atoms with Crippen LogP contribution in [0.5, 0.6) is 0 Å². The highest BCUT2D eigenvalue weighted by atomic mass is 32.2. The quantitative estimate of drug-likeness (QED) is 0.391. The average Bonchev–Trinajstić information content (AvgIpc) is 3.32. The Bertz CT molecular complexity index is 1300. The maximum atomic E-state index is 12.9. The van der Waals surface area contributed by atoms with Gasteiger partial charge in [0.15, 0.2) is 5.65 Å². The summed E-state index contributed by atoms with van der Waals surface area (Å²) in [5.41, 5.74) is 1.85. The van der Waals surface area contributed by atoms with Crippen molar-refractivity contribution in [2.45, 2.75) is 84.0 Å². The number of hydrogen-bond donors (Lipinski definition) is 2. The van der Waals surface area contributed by atoms with Crippen molar-refractivity contribution < 1.29 is 19.7 Å². The Morgan fingerprint density at radius 1 is 1.13 bits per heavy atom. The summed E-state index contributed by atoms with van der Waals surface area (Å²) in [4.78, 5) is 5.07. The van der Waals surface area contributed by atoms with Gasteiger partial charge in [-0.2, -0.15) is 9.40 Å². The first-order chi connectivity index (χ1) is 17.9. The lowest BCUT2D eigenvalue weighted by Gasteiger charge is -2.27. The van der Waals surface area contributed by atoms with Crippen LogP contribution in [-0.4, -0.2) is 58.9 Å². The number of nitrogens with zero attached hydrogens (tertiary/aromatic N) is 4. The number of rotatable bonds is 8. The highest BCUT2D eigenvalue weighted by Crippen LogP contribution is 2.30. The molecular formula is C28H45N5O4S. The number of hydrogen-bond acceptors (Lipinski definition) is 7. The minimum atomic E-state index is -3.54. The first-order valence-electron chi connectivity index (χ1n) is 13.4. The standard InChI is InChI=1S/C25H35N5O4S.C3H8.H2/c1-17(2)23-14-22(21-16-27-30(18(3)4)24(21)28-23)25(5,31)26-15-19-6-8-20(9-7-19)35(32,33)29-10-12-34-13-11-29;1-3-2;/h6-9,14,16-18,26,31H,10-13,15H2,1-5H3;3H2,1-2H3;1H. The molecule has 0 bridgehead atoms. The van der Waals surface area contributed by atoms with Crippen molar-refractivity contribution >= 4 is 21.1 Å². The second-order valence-electron chi connectivity index (χ2n) is 10.5. The molecule has 1 unspecified atom stereocenters. The second kappa shape index (κ2) is 12.7. The predicted molar refractivity (Wildman–Crippen MR) is 153 cm³/mol. The number of pyridine rings is 1. The third-order valence-corrected chi connectivity index (χ3v) is 8.27. The van der Waals surface area contributed by atoms with Gasteiger partial charge in [0.2, 0.25) is 10.0 Å². The van der Waals surface area contributed by atoms with Crippen molar-refractivity contribution in [3.63, 3.8) is 0 Å². The highest BCUT2D eigenvalue weighted by Gasteiger charge is 2.29. The van der Waals surface area contributed by atoms with Gasteiger partial charge in [-0.1, -0.05) is 46.2 Å². The molecule has 10 heteroatoms. The number of ether oxygens (including phenoxy) is 1. The van der Waals surface area contributed by atoms with E-state index in [2.05, 4.69) is 52.0 Å². The van der Waals surface area contributed by atoms with E-state index in [1.807, 2.05) is 10.7 Å². The lowest BCUT2D eigenvalue weighted by Crippen LogP contribution is -2.40. The number of fused-ring (bicyclic) bond motifs is 1. The van der Waals surface area contributed by atoms with Crippen LogP contribution in [-0.2, 0) is 27.0 Å². The summed E-state index contributed by atoms with van der Waals surface area (Å²) in [6.07, 6.45) is 3.00. The number of morpholine rings is 1. The monoisotopic (exact) mass is 547 g/mol. The predicted octanol–water partition coefficient (Wildman–Crippen LogP) is 4.77. The molecule has 0 saturated carbocycles. The Labute approximate surface area is 228 Å². The Balaban J connectivity index is 0.00000127. The van der Waals surface area contributed by atoms with Crippen LogP contribution >= 0.6 is 0 Å². The Morgan fingerprint density at radius 2 is 1.74 bits per heavy atom. The fourth-order valence-electron chi connectivity index (χ4n) is 4.20. The van der Waals surface area contributed by atoms with E-state index in [0.29, 0.717) is 38.4 Å². The summed E-state index contributed by atoms with van der Waals surface area (Å²) in [7, 11) is -3.54. The molecule has 1 aliphatic rings. The van der Waals surface area contributed by atoms with Crippen molar-refractivity contribution in [2.24, 2.45) is 0 Å². The summed E-state index contributed by atoms with van der Waals surface area (Å²) in [5.74, 6) is 0.186. The smallest absolute Gasteiger partial charge is 0.243 e. The minimum Gasteiger partial charge on any atom is -0.379 e. The van der Waals surface area contributed by atoms with Gasteiger partial charge in [0.05, 0.1) is 24.3 Å². The van der Waals surface area contributed by atoms with Crippen molar-refractivity contribution in [1.82, 2.24) is 24.4 Å². The van der Waals surface area contributed by atoms with E-state index in [4.69, 9.17) is 9.72 Å². The van der Waals surface area contributed by atoms with E-state index in [-0.39, 0.29) is 18.3 Å². The lowest BCUT2D eigenvalue weighted by molar-refractivity contribution is 0.0192. The van der Waals surface area contributed by atoms with E-state index in [1.54, 1.807) is 37.4 Å². The summed E-state index contributed by atoms with van der Waals surface area (Å²) in [6.45, 7) is 16.1. The van der Waals surface area contributed by atoms with Gasteiger partial charge in [-0.15, -0.1) is 0 Å². The van der Waals surface area contributed by atoms with Gasteiger partial charge in [0, 0.05) is 43.7 Å². The fraction of sp³-hybridized carbons (Fsp3) is 0.571. The molecular weight excluding hydrogens is 502 g/mol. The van der Waals surface area contributed by atoms with Crippen LogP contribution in [0.15, 0.2) is 41.4 Å². The zero-order chi connectivity index (χ0) is 28.1. The van der Waals surface area contributed by atoms with Crippen molar-refractivity contribution in [3.8, 4) is 0 Å². The van der Waals surface area contributed by atoms with Crippen molar-refractivity contribution in [3.05, 3.63) is 53.3 Å². The number of aromatic nitrogens is 3. The molecule has 2 aromatic heterocycles. The first-order valence-corrected chi connectivity index (χ1v) is 14.9. The molecule has 3 heterocycles. The number of aliphatic hydroxyl groups is 1. The minimum absolute atomic E-state index is 0. The molecule has 38 heavy (non-hydrogen) atoms. The van der Waals surface area contributed by atoms with Gasteiger partial charge in [-0.3, -0.25) is 5.32 Å². The Kier molecular flexibility index (Phi) is 10.0. The van der Waals surface area contributed by atoms with Crippen molar-refractivity contribution in [2.75, 3.05) is 26.3 Å². The molecule has 3 aromatic rings. The molecule has 0 amide bonds. The normalized spacial score (nSPS) is 16.5. The van der Waals surface area contributed by atoms with Gasteiger partial charge in [0.1, 0.15) is 5.72 Å². The maximum Gasteiger partial charge on any atom is 0.243 e. The molecule has 0 radical (unpaired) electrons. The Morgan fingerprint density at radius 3 is 2.29 bits per heavy atom. The topological polar surface area (TPSA) is 110 Å². The lowest BCUT2D eigenvalue weighted by atomic mass is 9.98. The van der Waals surface area contributed by atoms with Gasteiger partial charge >= 0.3 is 0 Å². The fourth-order valence-corrected chi connectivity index (χ4v) is 5.61.